The molecule has 10 heteroatoms. The SMILES string of the molecule is Cc1cc(Nc2nc(N)n(-c3cc4c(nn3)-c3ccccc3CCC4)n2)cnc1N1CCC(N2CCCC2)CC1. The van der Waals surface area contributed by atoms with Crippen molar-refractivity contribution in [1.29, 1.82) is 0 Å². The molecule has 1 aromatic carbocycles. The van der Waals surface area contributed by atoms with Crippen LogP contribution in [0.25, 0.3) is 17.1 Å². The molecule has 0 spiro atoms. The first-order valence-electron chi connectivity index (χ1n) is 14.5. The summed E-state index contributed by atoms with van der Waals surface area (Å²) >= 11 is 0. The Morgan fingerprint density at radius 2 is 1.73 bits per heavy atom. The summed E-state index contributed by atoms with van der Waals surface area (Å²) in [6.45, 7) is 6.76. The Morgan fingerprint density at radius 1 is 0.925 bits per heavy atom. The molecule has 3 aromatic heterocycles. The molecule has 4 aromatic rings. The molecule has 7 rings (SSSR count). The number of anilines is 4. The van der Waals surface area contributed by atoms with Crippen molar-refractivity contribution in [2.45, 2.75) is 57.9 Å². The lowest BCUT2D eigenvalue weighted by Crippen LogP contribution is -2.44. The maximum atomic E-state index is 6.27. The first-order chi connectivity index (χ1) is 19.6. The Kier molecular flexibility index (Phi) is 6.55. The fourth-order valence-electron chi connectivity index (χ4n) is 6.57. The molecular formula is C30H36N10. The zero-order valence-corrected chi connectivity index (χ0v) is 23.1. The highest BCUT2D eigenvalue weighted by molar-refractivity contribution is 5.68. The second kappa shape index (κ2) is 10.5. The molecule has 1 aliphatic carbocycles. The summed E-state index contributed by atoms with van der Waals surface area (Å²) in [4.78, 5) is 14.4. The van der Waals surface area contributed by atoms with Crippen molar-refractivity contribution in [3.8, 4) is 17.1 Å². The smallest absolute Gasteiger partial charge is 0.248 e. The third kappa shape index (κ3) is 4.77. The van der Waals surface area contributed by atoms with Crippen molar-refractivity contribution in [3.05, 3.63) is 59.3 Å². The van der Waals surface area contributed by atoms with E-state index in [9.17, 15) is 0 Å². The van der Waals surface area contributed by atoms with E-state index < -0.39 is 0 Å². The Hall–Kier alpha value is -4.05. The van der Waals surface area contributed by atoms with Crippen LogP contribution in [0.2, 0.25) is 0 Å². The lowest BCUT2D eigenvalue weighted by atomic mass is 10.0. The molecule has 10 nitrogen and oxygen atoms in total. The van der Waals surface area contributed by atoms with Gasteiger partial charge in [-0.25, -0.2) is 4.98 Å². The highest BCUT2D eigenvalue weighted by Crippen LogP contribution is 2.32. The van der Waals surface area contributed by atoms with E-state index in [-0.39, 0.29) is 5.95 Å². The lowest BCUT2D eigenvalue weighted by molar-refractivity contribution is 0.207. The van der Waals surface area contributed by atoms with E-state index in [1.807, 2.05) is 12.3 Å². The first-order valence-corrected chi connectivity index (χ1v) is 14.5. The molecule has 0 saturated carbocycles. The topological polar surface area (TPSA) is 114 Å². The van der Waals surface area contributed by atoms with Gasteiger partial charge >= 0.3 is 0 Å². The van der Waals surface area contributed by atoms with Gasteiger partial charge in [0, 0.05) is 24.7 Å². The van der Waals surface area contributed by atoms with Crippen LogP contribution in [-0.4, -0.2) is 67.1 Å². The van der Waals surface area contributed by atoms with E-state index in [2.05, 4.69) is 72.7 Å². The van der Waals surface area contributed by atoms with E-state index in [1.165, 1.54) is 44.3 Å². The average molecular weight is 537 g/mol. The fraction of sp³-hybridized carbons (Fsp3) is 0.433. The summed E-state index contributed by atoms with van der Waals surface area (Å²) in [5.41, 5.74) is 12.8. The van der Waals surface area contributed by atoms with Gasteiger partial charge in [-0.1, -0.05) is 24.3 Å². The number of hydrogen-bond acceptors (Lipinski definition) is 9. The number of pyridine rings is 1. The van der Waals surface area contributed by atoms with Crippen molar-refractivity contribution in [2.75, 3.05) is 42.1 Å². The van der Waals surface area contributed by atoms with E-state index >= 15 is 0 Å². The molecule has 2 aliphatic heterocycles. The zero-order chi connectivity index (χ0) is 27.1. The van der Waals surface area contributed by atoms with Crippen LogP contribution >= 0.6 is 0 Å². The average Bonchev–Trinajstić information content (AvgIpc) is 3.59. The third-order valence-corrected chi connectivity index (χ3v) is 8.60. The van der Waals surface area contributed by atoms with Crippen LogP contribution in [0.3, 0.4) is 0 Å². The van der Waals surface area contributed by atoms with Gasteiger partial charge in [0.15, 0.2) is 5.82 Å². The highest BCUT2D eigenvalue weighted by atomic mass is 15.4. The second-order valence-electron chi connectivity index (χ2n) is 11.2. The van der Waals surface area contributed by atoms with Gasteiger partial charge in [-0.15, -0.1) is 15.3 Å². The minimum Gasteiger partial charge on any atom is -0.368 e. The van der Waals surface area contributed by atoms with E-state index in [4.69, 9.17) is 10.7 Å². The summed E-state index contributed by atoms with van der Waals surface area (Å²) < 4.78 is 1.55. The molecular weight excluding hydrogens is 500 g/mol. The maximum absolute atomic E-state index is 6.27. The number of likely N-dealkylation sites (tertiary alicyclic amines) is 1. The van der Waals surface area contributed by atoms with Gasteiger partial charge in [0.25, 0.3) is 0 Å². The highest BCUT2D eigenvalue weighted by Gasteiger charge is 2.27. The minimum absolute atomic E-state index is 0.257. The number of hydrogen-bond donors (Lipinski definition) is 2. The van der Waals surface area contributed by atoms with Crippen molar-refractivity contribution in [1.82, 2.24) is 34.8 Å². The third-order valence-electron chi connectivity index (χ3n) is 8.60. The number of nitrogens with zero attached hydrogens (tertiary/aromatic N) is 8. The van der Waals surface area contributed by atoms with Gasteiger partial charge in [-0.3, -0.25) is 0 Å². The van der Waals surface area contributed by atoms with E-state index in [0.717, 1.165) is 72.3 Å². The van der Waals surface area contributed by atoms with Crippen LogP contribution in [0.5, 0.6) is 0 Å². The number of aromatic nitrogens is 6. The predicted octanol–water partition coefficient (Wildman–Crippen LogP) is 4.31. The molecule has 206 valence electrons. The van der Waals surface area contributed by atoms with Gasteiger partial charge in [-0.05, 0) is 93.8 Å². The van der Waals surface area contributed by atoms with Crippen LogP contribution in [0.1, 0.15) is 48.8 Å². The van der Waals surface area contributed by atoms with E-state index in [1.54, 1.807) is 4.68 Å². The number of nitrogen functional groups attached to an aromatic ring is 1. The van der Waals surface area contributed by atoms with Crippen LogP contribution in [-0.2, 0) is 12.8 Å². The van der Waals surface area contributed by atoms with Crippen LogP contribution < -0.4 is 16.0 Å². The normalized spacial score (nSPS) is 17.9. The van der Waals surface area contributed by atoms with Gasteiger partial charge < -0.3 is 20.9 Å². The van der Waals surface area contributed by atoms with Crippen molar-refractivity contribution >= 4 is 23.4 Å². The van der Waals surface area contributed by atoms with Crippen molar-refractivity contribution < 1.29 is 0 Å². The van der Waals surface area contributed by atoms with Gasteiger partial charge in [0.05, 0.1) is 17.6 Å². The molecule has 5 heterocycles. The number of nitrogens with one attached hydrogen (secondary N) is 1. The summed E-state index contributed by atoms with van der Waals surface area (Å²) in [5.74, 6) is 2.29. The van der Waals surface area contributed by atoms with Gasteiger partial charge in [-0.2, -0.15) is 9.67 Å². The van der Waals surface area contributed by atoms with Crippen molar-refractivity contribution in [2.24, 2.45) is 0 Å². The number of aryl methyl sites for hydroxylation is 3. The molecule has 0 atom stereocenters. The second-order valence-corrected chi connectivity index (χ2v) is 11.2. The largest absolute Gasteiger partial charge is 0.368 e. The molecule has 0 bridgehead atoms. The Morgan fingerprint density at radius 3 is 2.55 bits per heavy atom. The molecule has 2 saturated heterocycles. The Bertz CT molecular complexity index is 1510. The molecule has 0 amide bonds. The molecule has 3 aliphatic rings. The summed E-state index contributed by atoms with van der Waals surface area (Å²) in [7, 11) is 0. The minimum atomic E-state index is 0.257. The number of rotatable bonds is 5. The number of fused-ring (bicyclic) bond motifs is 3. The monoisotopic (exact) mass is 536 g/mol. The first kappa shape index (κ1) is 25.0. The van der Waals surface area contributed by atoms with E-state index in [0.29, 0.717) is 11.8 Å². The molecule has 0 radical (unpaired) electrons. The Labute approximate surface area is 234 Å². The van der Waals surface area contributed by atoms with Crippen molar-refractivity contribution in [3.63, 3.8) is 0 Å². The molecule has 0 unspecified atom stereocenters. The zero-order valence-electron chi connectivity index (χ0n) is 23.1. The molecule has 3 N–H and O–H groups in total. The molecule has 2 fully saturated rings. The molecule has 40 heavy (non-hydrogen) atoms. The summed E-state index contributed by atoms with van der Waals surface area (Å²) in [6, 6.07) is 13.3. The summed E-state index contributed by atoms with van der Waals surface area (Å²) in [6.07, 6.45) is 10.00. The Balaban J connectivity index is 1.06. The number of piperidine rings is 1. The van der Waals surface area contributed by atoms with Crippen LogP contribution in [0.15, 0.2) is 42.6 Å². The standard InChI is InChI=1S/C30H36N10/c1-20-17-23(19-32-28(20)39-15-11-24(12-16-39)38-13-4-5-14-38)33-30-34-29(31)40(37-30)26-18-22-9-6-8-21-7-2-3-10-25(21)27(22)36-35-26/h2-3,7,10,17-19,24H,4-6,8-9,11-16H2,1H3,(H3,31,33,34,37). The fourth-order valence-corrected chi connectivity index (χ4v) is 6.57. The van der Waals surface area contributed by atoms with Gasteiger partial charge in [0.1, 0.15) is 5.82 Å². The van der Waals surface area contributed by atoms with Crippen LogP contribution in [0.4, 0.5) is 23.4 Å². The van der Waals surface area contributed by atoms with Gasteiger partial charge in [0.2, 0.25) is 11.9 Å². The van der Waals surface area contributed by atoms with Crippen LogP contribution in [0, 0.1) is 6.92 Å². The number of benzene rings is 1. The maximum Gasteiger partial charge on any atom is 0.248 e. The summed E-state index contributed by atoms with van der Waals surface area (Å²) in [5, 5.41) is 16.9. The lowest BCUT2D eigenvalue weighted by Gasteiger charge is -2.37. The quantitative estimate of drug-likeness (QED) is 0.385. The predicted molar refractivity (Wildman–Crippen MR) is 157 cm³/mol. The number of nitrogens with two attached hydrogens (primary N) is 1.